The fourth-order valence-electron chi connectivity index (χ4n) is 4.24. The monoisotopic (exact) mass is 177 g/mol. The van der Waals surface area contributed by atoms with E-state index >= 15 is 0 Å². The van der Waals surface area contributed by atoms with Crippen molar-refractivity contribution < 1.29 is 0 Å². The lowest BCUT2D eigenvalue weighted by Crippen LogP contribution is -2.27. The minimum absolute atomic E-state index is 0.824. The van der Waals surface area contributed by atoms with E-state index in [1.807, 2.05) is 0 Å². The molecule has 0 heteroatoms. The molecular formula is C13H21. The van der Waals surface area contributed by atoms with Crippen molar-refractivity contribution in [2.24, 2.45) is 17.3 Å². The van der Waals surface area contributed by atoms with Gasteiger partial charge in [0.15, 0.2) is 0 Å². The van der Waals surface area contributed by atoms with Crippen molar-refractivity contribution in [3.8, 4) is 0 Å². The molecule has 13 heavy (non-hydrogen) atoms. The Bertz CT molecular complexity index is 180. The molecule has 0 spiro atoms. The summed E-state index contributed by atoms with van der Waals surface area (Å²) in [5.74, 6) is 2.15. The molecule has 0 aliphatic heterocycles. The maximum Gasteiger partial charge on any atom is -0.0263 e. The van der Waals surface area contributed by atoms with Gasteiger partial charge in [0, 0.05) is 0 Å². The van der Waals surface area contributed by atoms with Gasteiger partial charge >= 0.3 is 0 Å². The van der Waals surface area contributed by atoms with Gasteiger partial charge in [-0.05, 0) is 62.2 Å². The fraction of sp³-hybridized carbons (Fsp3) is 0.923. The van der Waals surface area contributed by atoms with Crippen LogP contribution >= 0.6 is 0 Å². The molecule has 0 N–H and O–H groups in total. The van der Waals surface area contributed by atoms with Crippen LogP contribution < -0.4 is 0 Å². The van der Waals surface area contributed by atoms with Gasteiger partial charge in [-0.2, -0.15) is 0 Å². The molecule has 2 unspecified atom stereocenters. The molecule has 73 valence electrons. The molecule has 3 aliphatic carbocycles. The summed E-state index contributed by atoms with van der Waals surface area (Å²) in [4.78, 5) is 0. The first kappa shape index (κ1) is 8.32. The van der Waals surface area contributed by atoms with Gasteiger partial charge in [0.2, 0.25) is 0 Å². The van der Waals surface area contributed by atoms with E-state index in [2.05, 4.69) is 6.42 Å². The summed E-state index contributed by atoms with van der Waals surface area (Å²) in [5.41, 5.74) is 0.824. The van der Waals surface area contributed by atoms with E-state index in [4.69, 9.17) is 0 Å². The van der Waals surface area contributed by atoms with Gasteiger partial charge in [0.1, 0.15) is 0 Å². The molecule has 0 aromatic heterocycles. The predicted molar refractivity (Wildman–Crippen MR) is 55.3 cm³/mol. The van der Waals surface area contributed by atoms with Gasteiger partial charge in [-0.15, -0.1) is 0 Å². The predicted octanol–water partition coefficient (Wildman–Crippen LogP) is 3.96. The topological polar surface area (TPSA) is 0 Å². The second-order valence-electron chi connectivity index (χ2n) is 5.64. The van der Waals surface area contributed by atoms with Gasteiger partial charge in [-0.1, -0.05) is 19.3 Å². The van der Waals surface area contributed by atoms with Crippen LogP contribution in [0.5, 0.6) is 0 Å². The molecule has 0 amide bonds. The van der Waals surface area contributed by atoms with Gasteiger partial charge in [0.25, 0.3) is 0 Å². The molecule has 2 bridgehead atoms. The van der Waals surface area contributed by atoms with Gasteiger partial charge < -0.3 is 0 Å². The Morgan fingerprint density at radius 2 is 1.85 bits per heavy atom. The van der Waals surface area contributed by atoms with Crippen LogP contribution in [0.3, 0.4) is 0 Å². The van der Waals surface area contributed by atoms with Crippen molar-refractivity contribution in [2.45, 2.75) is 57.8 Å². The van der Waals surface area contributed by atoms with Crippen LogP contribution in [0, 0.1) is 23.7 Å². The lowest BCUT2D eigenvalue weighted by Gasteiger charge is -2.38. The number of hydrogen-bond donors (Lipinski definition) is 0. The van der Waals surface area contributed by atoms with Crippen molar-refractivity contribution in [3.63, 3.8) is 0 Å². The average Bonchev–Trinajstić information content (AvgIpc) is 2.80. The summed E-state index contributed by atoms with van der Waals surface area (Å²) in [5, 5.41) is 0. The van der Waals surface area contributed by atoms with E-state index in [1.165, 1.54) is 32.1 Å². The van der Waals surface area contributed by atoms with Crippen LogP contribution in [0.25, 0.3) is 0 Å². The number of hydrogen-bond acceptors (Lipinski definition) is 0. The first-order valence-corrected chi connectivity index (χ1v) is 6.22. The fourth-order valence-corrected chi connectivity index (χ4v) is 4.24. The lowest BCUT2D eigenvalue weighted by atomic mass is 9.67. The normalized spacial score (nSPS) is 45.7. The average molecular weight is 177 g/mol. The van der Waals surface area contributed by atoms with Crippen LogP contribution in [0.4, 0.5) is 0 Å². The van der Waals surface area contributed by atoms with E-state index in [0.29, 0.717) is 0 Å². The van der Waals surface area contributed by atoms with Gasteiger partial charge in [-0.3, -0.25) is 0 Å². The van der Waals surface area contributed by atoms with Crippen LogP contribution in [-0.2, 0) is 0 Å². The molecule has 0 saturated heterocycles. The number of fused-ring (bicyclic) bond motifs is 2. The Kier molecular flexibility index (Phi) is 1.92. The molecule has 1 radical (unpaired) electrons. The maximum absolute atomic E-state index is 2.64. The smallest absolute Gasteiger partial charge is 0.0263 e. The SMILES string of the molecule is [CH]1CC2(C3CCCCC3)CCC1C2. The van der Waals surface area contributed by atoms with Crippen molar-refractivity contribution in [1.82, 2.24) is 0 Å². The summed E-state index contributed by atoms with van der Waals surface area (Å²) in [6, 6.07) is 0. The van der Waals surface area contributed by atoms with Crippen molar-refractivity contribution in [3.05, 3.63) is 6.42 Å². The molecule has 0 aromatic carbocycles. The van der Waals surface area contributed by atoms with Crippen molar-refractivity contribution in [2.75, 3.05) is 0 Å². The minimum atomic E-state index is 0.824. The zero-order chi connectivity index (χ0) is 8.73. The highest BCUT2D eigenvalue weighted by Crippen LogP contribution is 2.60. The Morgan fingerprint density at radius 3 is 2.38 bits per heavy atom. The van der Waals surface area contributed by atoms with Crippen LogP contribution in [0.1, 0.15) is 57.8 Å². The Hall–Kier alpha value is 0. The summed E-state index contributed by atoms with van der Waals surface area (Å²) in [6.45, 7) is 0. The van der Waals surface area contributed by atoms with E-state index in [0.717, 1.165) is 17.3 Å². The number of rotatable bonds is 1. The first-order valence-electron chi connectivity index (χ1n) is 6.22. The molecule has 0 heterocycles. The third kappa shape index (κ3) is 1.25. The summed E-state index contributed by atoms with van der Waals surface area (Å²) in [7, 11) is 0. The molecule has 3 aliphatic rings. The van der Waals surface area contributed by atoms with Crippen LogP contribution in [0.2, 0.25) is 0 Å². The largest absolute Gasteiger partial charge is 0.0533 e. The Balaban J connectivity index is 1.75. The van der Waals surface area contributed by atoms with E-state index < -0.39 is 0 Å². The minimum Gasteiger partial charge on any atom is -0.0533 e. The maximum atomic E-state index is 2.64. The zero-order valence-electron chi connectivity index (χ0n) is 8.60. The highest BCUT2D eigenvalue weighted by Gasteiger charge is 2.49. The summed E-state index contributed by atoms with van der Waals surface area (Å²) in [6.07, 6.45) is 16.4. The molecule has 3 fully saturated rings. The molecule has 3 saturated carbocycles. The van der Waals surface area contributed by atoms with E-state index in [9.17, 15) is 0 Å². The van der Waals surface area contributed by atoms with Crippen LogP contribution in [-0.4, -0.2) is 0 Å². The molecule has 3 rings (SSSR count). The van der Waals surface area contributed by atoms with Gasteiger partial charge in [-0.25, -0.2) is 0 Å². The lowest BCUT2D eigenvalue weighted by molar-refractivity contribution is 0.132. The molecule has 2 atom stereocenters. The summed E-state index contributed by atoms with van der Waals surface area (Å²) < 4.78 is 0. The van der Waals surface area contributed by atoms with E-state index in [-0.39, 0.29) is 0 Å². The first-order chi connectivity index (χ1) is 6.39. The highest BCUT2D eigenvalue weighted by molar-refractivity contribution is 5.07. The molecular weight excluding hydrogens is 156 g/mol. The van der Waals surface area contributed by atoms with E-state index in [1.54, 1.807) is 25.7 Å². The Morgan fingerprint density at radius 1 is 1.00 bits per heavy atom. The summed E-state index contributed by atoms with van der Waals surface area (Å²) >= 11 is 0. The van der Waals surface area contributed by atoms with Crippen molar-refractivity contribution >= 4 is 0 Å². The molecule has 0 nitrogen and oxygen atoms in total. The van der Waals surface area contributed by atoms with Gasteiger partial charge in [0.05, 0.1) is 0 Å². The standard InChI is InChI=1S/C13H21/c1-2-4-12(5-3-1)13-8-6-11(10-13)7-9-13/h6,11-12H,1-5,7-10H2. The second kappa shape index (κ2) is 3.00. The zero-order valence-corrected chi connectivity index (χ0v) is 8.60. The van der Waals surface area contributed by atoms with Crippen molar-refractivity contribution in [1.29, 1.82) is 0 Å². The third-order valence-corrected chi connectivity index (χ3v) is 5.01. The Labute approximate surface area is 82.1 Å². The quantitative estimate of drug-likeness (QED) is 0.568. The third-order valence-electron chi connectivity index (χ3n) is 5.01. The highest BCUT2D eigenvalue weighted by atomic mass is 14.5. The van der Waals surface area contributed by atoms with Crippen LogP contribution in [0.15, 0.2) is 0 Å². The molecule has 0 aromatic rings. The second-order valence-corrected chi connectivity index (χ2v) is 5.64.